The van der Waals surface area contributed by atoms with E-state index >= 15 is 0 Å². The van der Waals surface area contributed by atoms with Crippen LogP contribution in [-0.4, -0.2) is 39.3 Å². The van der Waals surface area contributed by atoms with Gasteiger partial charge in [0.15, 0.2) is 10.9 Å². The topological polar surface area (TPSA) is 103 Å². The molecule has 0 radical (unpaired) electrons. The number of imidazole rings is 1. The van der Waals surface area contributed by atoms with Crippen LogP contribution in [-0.2, 0) is 4.74 Å². The lowest BCUT2D eigenvalue weighted by Gasteiger charge is -2.02. The summed E-state index contributed by atoms with van der Waals surface area (Å²) in [5.41, 5.74) is 3.70. The molecule has 3 aromatic rings. The number of nitrogen functional groups attached to an aromatic ring is 1. The molecule has 0 atom stereocenters. The van der Waals surface area contributed by atoms with Crippen LogP contribution in [0.15, 0.2) is 41.7 Å². The molecule has 0 amide bonds. The zero-order valence-corrected chi connectivity index (χ0v) is 16.1. The summed E-state index contributed by atoms with van der Waals surface area (Å²) >= 11 is 1.24. The number of rotatable bonds is 6. The quantitative estimate of drug-likeness (QED) is 0.293. The summed E-state index contributed by atoms with van der Waals surface area (Å²) in [5.74, 6) is 5.52. The Bertz CT molecular complexity index is 992. The van der Waals surface area contributed by atoms with Crippen molar-refractivity contribution in [1.29, 1.82) is 0 Å². The fourth-order valence-corrected chi connectivity index (χ4v) is 3.64. The first-order chi connectivity index (χ1) is 12.9. The monoisotopic (exact) mass is 384 g/mol. The van der Waals surface area contributed by atoms with E-state index in [0.717, 1.165) is 11.3 Å². The van der Waals surface area contributed by atoms with Gasteiger partial charge in [-0.25, -0.2) is 14.5 Å². The predicted molar refractivity (Wildman–Crippen MR) is 104 cm³/mol. The van der Waals surface area contributed by atoms with E-state index in [1.165, 1.54) is 23.5 Å². The first kappa shape index (κ1) is 18.8. The molecule has 0 aliphatic carbocycles. The van der Waals surface area contributed by atoms with Gasteiger partial charge < -0.3 is 15.6 Å². The second-order valence-electron chi connectivity index (χ2n) is 6.01. The Hall–Kier alpha value is -3.00. The maximum Gasteiger partial charge on any atom is 0.339 e. The normalized spacial score (nSPS) is 10.8. The van der Waals surface area contributed by atoms with Gasteiger partial charge >= 0.3 is 5.97 Å². The Kier molecular flexibility index (Phi) is 5.36. The highest BCUT2D eigenvalue weighted by molar-refractivity contribution is 7.99. The standard InChI is InChI=1S/C19H20N4O3S/c1-11-16(18(25)26-3)12(2)21-17(11)15(24)10-27-19-22-14(9-23(19)20)13-7-5-4-6-8-13/h4-9,21H,10,20H2,1-3H3. The van der Waals surface area contributed by atoms with E-state index in [-0.39, 0.29) is 11.5 Å². The van der Waals surface area contributed by atoms with Crippen molar-refractivity contribution in [1.82, 2.24) is 14.6 Å². The van der Waals surface area contributed by atoms with Gasteiger partial charge in [-0.1, -0.05) is 42.1 Å². The maximum atomic E-state index is 12.6. The molecule has 2 heterocycles. The van der Waals surface area contributed by atoms with Crippen molar-refractivity contribution < 1.29 is 14.3 Å². The number of aromatic amines is 1. The number of nitrogens with zero attached hydrogens (tertiary/aromatic N) is 2. The van der Waals surface area contributed by atoms with Crippen LogP contribution in [0, 0.1) is 13.8 Å². The number of aryl methyl sites for hydroxylation is 1. The van der Waals surface area contributed by atoms with Gasteiger partial charge in [0.25, 0.3) is 0 Å². The maximum absolute atomic E-state index is 12.6. The zero-order chi connectivity index (χ0) is 19.6. The van der Waals surface area contributed by atoms with Crippen LogP contribution < -0.4 is 5.84 Å². The average molecular weight is 384 g/mol. The van der Waals surface area contributed by atoms with E-state index in [4.69, 9.17) is 10.6 Å². The van der Waals surface area contributed by atoms with Gasteiger partial charge in [-0.05, 0) is 19.4 Å². The molecule has 0 saturated heterocycles. The predicted octanol–water partition coefficient (Wildman–Crippen LogP) is 2.97. The highest BCUT2D eigenvalue weighted by Crippen LogP contribution is 2.25. The molecule has 3 N–H and O–H groups in total. The van der Waals surface area contributed by atoms with Gasteiger partial charge in [0.05, 0.1) is 36.0 Å². The largest absolute Gasteiger partial charge is 0.465 e. The van der Waals surface area contributed by atoms with E-state index in [2.05, 4.69) is 9.97 Å². The van der Waals surface area contributed by atoms with Crippen LogP contribution in [0.25, 0.3) is 11.3 Å². The van der Waals surface area contributed by atoms with Crippen LogP contribution in [0.5, 0.6) is 0 Å². The summed E-state index contributed by atoms with van der Waals surface area (Å²) < 4.78 is 6.19. The SMILES string of the molecule is COC(=O)c1c(C)[nH]c(C(=O)CSc2nc(-c3ccccc3)cn2N)c1C. The van der Waals surface area contributed by atoms with E-state index in [9.17, 15) is 9.59 Å². The van der Waals surface area contributed by atoms with Crippen LogP contribution in [0.1, 0.15) is 32.1 Å². The molecule has 3 rings (SSSR count). The second-order valence-corrected chi connectivity index (χ2v) is 6.95. The van der Waals surface area contributed by atoms with Crippen molar-refractivity contribution in [2.45, 2.75) is 19.0 Å². The molecular weight excluding hydrogens is 364 g/mol. The van der Waals surface area contributed by atoms with Crippen molar-refractivity contribution in [2.75, 3.05) is 18.7 Å². The summed E-state index contributed by atoms with van der Waals surface area (Å²) in [6.07, 6.45) is 1.72. The van der Waals surface area contributed by atoms with Crippen molar-refractivity contribution >= 4 is 23.5 Å². The van der Waals surface area contributed by atoms with Crippen molar-refractivity contribution in [3.8, 4) is 11.3 Å². The highest BCUT2D eigenvalue weighted by Gasteiger charge is 2.23. The molecule has 0 aliphatic heterocycles. The summed E-state index contributed by atoms with van der Waals surface area (Å²) in [5, 5.41) is 0.538. The molecule has 0 bridgehead atoms. The molecular formula is C19H20N4O3S. The summed E-state index contributed by atoms with van der Waals surface area (Å²) in [7, 11) is 1.32. The number of aromatic nitrogens is 3. The van der Waals surface area contributed by atoms with Crippen molar-refractivity contribution in [3.63, 3.8) is 0 Å². The summed E-state index contributed by atoms with van der Waals surface area (Å²) in [6.45, 7) is 3.47. The average Bonchev–Trinajstić information content (AvgIpc) is 3.19. The van der Waals surface area contributed by atoms with E-state index < -0.39 is 5.97 Å². The van der Waals surface area contributed by atoms with Gasteiger partial charge in [-0.3, -0.25) is 4.79 Å². The number of methoxy groups -OCH3 is 1. The molecule has 8 heteroatoms. The number of carbonyl (C=O) groups is 2. The molecule has 7 nitrogen and oxygen atoms in total. The first-order valence-corrected chi connectivity index (χ1v) is 9.24. The Balaban J connectivity index is 1.75. The number of thioether (sulfide) groups is 1. The van der Waals surface area contributed by atoms with Gasteiger partial charge in [0, 0.05) is 11.3 Å². The molecule has 0 saturated carbocycles. The smallest absolute Gasteiger partial charge is 0.339 e. The number of carbonyl (C=O) groups excluding carboxylic acids is 2. The number of hydrogen-bond acceptors (Lipinski definition) is 6. The van der Waals surface area contributed by atoms with E-state index in [0.29, 0.717) is 27.7 Å². The third-order valence-electron chi connectivity index (χ3n) is 4.21. The lowest BCUT2D eigenvalue weighted by molar-refractivity contribution is 0.0599. The van der Waals surface area contributed by atoms with Crippen molar-refractivity contribution in [2.24, 2.45) is 0 Å². The van der Waals surface area contributed by atoms with Crippen LogP contribution in [0.2, 0.25) is 0 Å². The molecule has 140 valence electrons. The molecule has 0 aliphatic rings. The number of nitrogens with two attached hydrogens (primary N) is 1. The zero-order valence-electron chi connectivity index (χ0n) is 15.3. The van der Waals surface area contributed by atoms with E-state index in [1.54, 1.807) is 20.0 Å². The van der Waals surface area contributed by atoms with Gasteiger partial charge in [0.1, 0.15) is 0 Å². The lowest BCUT2D eigenvalue weighted by Crippen LogP contribution is -2.11. The molecule has 1 aromatic carbocycles. The fourth-order valence-electron chi connectivity index (χ4n) is 2.87. The Labute approximate surface area is 160 Å². The molecule has 0 spiro atoms. The summed E-state index contributed by atoms with van der Waals surface area (Å²) in [6, 6.07) is 9.68. The van der Waals surface area contributed by atoms with E-state index in [1.807, 2.05) is 30.3 Å². The first-order valence-electron chi connectivity index (χ1n) is 8.25. The van der Waals surface area contributed by atoms with Crippen LogP contribution >= 0.6 is 11.8 Å². The van der Waals surface area contributed by atoms with Gasteiger partial charge in [-0.2, -0.15) is 0 Å². The van der Waals surface area contributed by atoms with Crippen LogP contribution in [0.3, 0.4) is 0 Å². The van der Waals surface area contributed by atoms with Gasteiger partial charge in [0.2, 0.25) is 0 Å². The Morgan fingerprint density at radius 3 is 2.63 bits per heavy atom. The number of nitrogens with one attached hydrogen (secondary N) is 1. The minimum absolute atomic E-state index is 0.139. The number of H-pyrrole nitrogens is 1. The second kappa shape index (κ2) is 7.71. The van der Waals surface area contributed by atoms with Gasteiger partial charge in [-0.15, -0.1) is 0 Å². The number of benzene rings is 1. The minimum atomic E-state index is -0.460. The number of Topliss-reactive ketones (excluding diaryl/α,β-unsaturated/α-hetero) is 1. The molecule has 0 fully saturated rings. The minimum Gasteiger partial charge on any atom is -0.465 e. The Morgan fingerprint density at radius 2 is 1.96 bits per heavy atom. The van der Waals surface area contributed by atoms with Crippen molar-refractivity contribution in [3.05, 3.63) is 59.0 Å². The number of ketones is 1. The third-order valence-corrected chi connectivity index (χ3v) is 5.17. The molecule has 27 heavy (non-hydrogen) atoms. The number of esters is 1. The Morgan fingerprint density at radius 1 is 1.26 bits per heavy atom. The highest BCUT2D eigenvalue weighted by atomic mass is 32.2. The number of hydrogen-bond donors (Lipinski definition) is 2. The third kappa shape index (κ3) is 3.75. The fraction of sp³-hybridized carbons (Fsp3) is 0.211. The summed E-state index contributed by atoms with van der Waals surface area (Å²) in [4.78, 5) is 32.0. The molecule has 2 aromatic heterocycles. The lowest BCUT2D eigenvalue weighted by atomic mass is 10.1. The molecule has 0 unspecified atom stereocenters. The van der Waals surface area contributed by atoms with Crippen LogP contribution in [0.4, 0.5) is 0 Å². The number of ether oxygens (including phenoxy) is 1.